The van der Waals surface area contributed by atoms with Crippen molar-refractivity contribution in [1.29, 1.82) is 0 Å². The molecule has 3 aromatic carbocycles. The third-order valence-electron chi connectivity index (χ3n) is 4.42. The monoisotopic (exact) mass is 378 g/mol. The highest BCUT2D eigenvalue weighted by Crippen LogP contribution is 2.44. The number of esters is 1. The van der Waals surface area contributed by atoms with E-state index < -0.39 is 0 Å². The molecule has 118 valence electrons. The minimum Gasteiger partial charge on any atom is -0.461 e. The Morgan fingerprint density at radius 3 is 1.96 bits per heavy atom. The largest absolute Gasteiger partial charge is 0.461 e. The fourth-order valence-corrected chi connectivity index (χ4v) is 3.53. The van der Waals surface area contributed by atoms with Gasteiger partial charge in [0.1, 0.15) is 6.61 Å². The van der Waals surface area contributed by atoms with Crippen LogP contribution in [0, 0.1) is 0 Å². The number of carbonyl (C=O) groups is 1. The van der Waals surface area contributed by atoms with Crippen LogP contribution < -0.4 is 0 Å². The fourth-order valence-electron chi connectivity index (χ4n) is 3.27. The Morgan fingerprint density at radius 2 is 1.38 bits per heavy atom. The Balaban J connectivity index is 1.58. The third kappa shape index (κ3) is 2.65. The van der Waals surface area contributed by atoms with Gasteiger partial charge in [-0.3, -0.25) is 0 Å². The molecule has 0 unspecified atom stereocenters. The molecule has 0 aromatic heterocycles. The second-order valence-electron chi connectivity index (χ2n) is 5.83. The van der Waals surface area contributed by atoms with Crippen molar-refractivity contribution >= 4 is 21.9 Å². The SMILES string of the molecule is O=C(OCC1c2ccccc2-c2ccccc21)c1ccc(Br)cc1. The number of rotatable bonds is 3. The van der Waals surface area contributed by atoms with E-state index in [4.69, 9.17) is 4.74 Å². The van der Waals surface area contributed by atoms with Crippen LogP contribution in [0.2, 0.25) is 0 Å². The molecule has 2 nitrogen and oxygen atoms in total. The van der Waals surface area contributed by atoms with Gasteiger partial charge in [-0.25, -0.2) is 4.79 Å². The second-order valence-corrected chi connectivity index (χ2v) is 6.75. The minimum absolute atomic E-state index is 0.0943. The van der Waals surface area contributed by atoms with Gasteiger partial charge in [0.05, 0.1) is 5.56 Å². The summed E-state index contributed by atoms with van der Waals surface area (Å²) in [5, 5.41) is 0. The molecular formula is C21H15BrO2. The van der Waals surface area contributed by atoms with Crippen molar-refractivity contribution in [2.24, 2.45) is 0 Å². The van der Waals surface area contributed by atoms with E-state index in [1.54, 1.807) is 12.1 Å². The summed E-state index contributed by atoms with van der Waals surface area (Å²) in [5.41, 5.74) is 5.48. The van der Waals surface area contributed by atoms with Crippen LogP contribution in [0.5, 0.6) is 0 Å². The molecule has 24 heavy (non-hydrogen) atoms. The van der Waals surface area contributed by atoms with E-state index >= 15 is 0 Å². The average Bonchev–Trinajstić information content (AvgIpc) is 2.94. The maximum absolute atomic E-state index is 12.3. The normalized spacial score (nSPS) is 12.5. The Bertz CT molecular complexity index is 854. The van der Waals surface area contributed by atoms with Crippen molar-refractivity contribution in [3.05, 3.63) is 94.0 Å². The number of hydrogen-bond donors (Lipinski definition) is 0. The first-order valence-electron chi connectivity index (χ1n) is 7.85. The van der Waals surface area contributed by atoms with E-state index in [2.05, 4.69) is 40.2 Å². The quantitative estimate of drug-likeness (QED) is 0.568. The first kappa shape index (κ1) is 15.2. The van der Waals surface area contributed by atoms with Crippen molar-refractivity contribution in [2.45, 2.75) is 5.92 Å². The average molecular weight is 379 g/mol. The lowest BCUT2D eigenvalue weighted by molar-refractivity contribution is 0.0493. The molecule has 3 aromatic rings. The van der Waals surface area contributed by atoms with E-state index in [1.165, 1.54) is 22.3 Å². The number of benzene rings is 3. The molecule has 3 heteroatoms. The summed E-state index contributed by atoms with van der Waals surface area (Å²) < 4.78 is 6.55. The van der Waals surface area contributed by atoms with Crippen LogP contribution in [-0.2, 0) is 4.74 Å². The number of hydrogen-bond acceptors (Lipinski definition) is 2. The summed E-state index contributed by atoms with van der Waals surface area (Å²) in [6.45, 7) is 0.350. The summed E-state index contributed by atoms with van der Waals surface area (Å²) in [5.74, 6) is -0.193. The summed E-state index contributed by atoms with van der Waals surface area (Å²) >= 11 is 3.37. The topological polar surface area (TPSA) is 26.3 Å². The van der Waals surface area contributed by atoms with Gasteiger partial charge >= 0.3 is 5.97 Å². The molecule has 0 fully saturated rings. The van der Waals surface area contributed by atoms with Crippen LogP contribution in [0.3, 0.4) is 0 Å². The molecule has 1 aliphatic rings. The highest BCUT2D eigenvalue weighted by Gasteiger charge is 2.29. The standard InChI is InChI=1S/C21H15BrO2/c22-15-11-9-14(10-12-15)21(23)24-13-20-18-7-3-1-5-16(18)17-6-2-4-8-19(17)20/h1-12,20H,13H2. The van der Waals surface area contributed by atoms with Gasteiger partial charge in [-0.2, -0.15) is 0 Å². The molecule has 1 aliphatic carbocycles. The highest BCUT2D eigenvalue weighted by atomic mass is 79.9. The van der Waals surface area contributed by atoms with Crippen LogP contribution in [-0.4, -0.2) is 12.6 Å². The number of fused-ring (bicyclic) bond motifs is 3. The molecule has 0 amide bonds. The zero-order valence-electron chi connectivity index (χ0n) is 12.9. The maximum atomic E-state index is 12.3. The highest BCUT2D eigenvalue weighted by molar-refractivity contribution is 9.10. The van der Waals surface area contributed by atoms with Crippen molar-refractivity contribution in [1.82, 2.24) is 0 Å². The Morgan fingerprint density at radius 1 is 0.833 bits per heavy atom. The van der Waals surface area contributed by atoms with Gasteiger partial charge in [0.2, 0.25) is 0 Å². The van der Waals surface area contributed by atoms with Crippen molar-refractivity contribution in [2.75, 3.05) is 6.61 Å². The van der Waals surface area contributed by atoms with Gasteiger partial charge in [-0.1, -0.05) is 64.5 Å². The molecule has 0 atom stereocenters. The predicted octanol–water partition coefficient (Wildman–Crippen LogP) is 5.42. The molecule has 0 spiro atoms. The smallest absolute Gasteiger partial charge is 0.338 e. The van der Waals surface area contributed by atoms with Crippen LogP contribution in [0.25, 0.3) is 11.1 Å². The first-order chi connectivity index (χ1) is 11.7. The van der Waals surface area contributed by atoms with E-state index in [-0.39, 0.29) is 11.9 Å². The Kier molecular flexibility index (Phi) is 3.95. The number of carbonyl (C=O) groups excluding carboxylic acids is 1. The third-order valence-corrected chi connectivity index (χ3v) is 4.95. The second kappa shape index (κ2) is 6.25. The molecule has 0 heterocycles. The van der Waals surface area contributed by atoms with E-state index in [9.17, 15) is 4.79 Å². The van der Waals surface area contributed by atoms with Crippen molar-refractivity contribution < 1.29 is 9.53 Å². The first-order valence-corrected chi connectivity index (χ1v) is 8.64. The van der Waals surface area contributed by atoms with Crippen LogP contribution >= 0.6 is 15.9 Å². The van der Waals surface area contributed by atoms with Gasteiger partial charge in [0.15, 0.2) is 0 Å². The molecular weight excluding hydrogens is 364 g/mol. The summed E-state index contributed by atoms with van der Waals surface area (Å²) in [7, 11) is 0. The summed E-state index contributed by atoms with van der Waals surface area (Å²) in [6.07, 6.45) is 0. The molecule has 0 aliphatic heterocycles. The zero-order chi connectivity index (χ0) is 16.5. The Labute approximate surface area is 149 Å². The van der Waals surface area contributed by atoms with Crippen LogP contribution in [0.4, 0.5) is 0 Å². The molecule has 0 saturated heterocycles. The minimum atomic E-state index is -0.288. The maximum Gasteiger partial charge on any atom is 0.338 e. The van der Waals surface area contributed by atoms with Crippen LogP contribution in [0.1, 0.15) is 27.4 Å². The lowest BCUT2D eigenvalue weighted by Gasteiger charge is -2.14. The van der Waals surface area contributed by atoms with E-state index in [0.717, 1.165) is 4.47 Å². The molecule has 0 bridgehead atoms. The van der Waals surface area contributed by atoms with Gasteiger partial charge in [-0.05, 0) is 46.5 Å². The van der Waals surface area contributed by atoms with Gasteiger partial charge in [0.25, 0.3) is 0 Å². The Hall–Kier alpha value is -2.39. The zero-order valence-corrected chi connectivity index (χ0v) is 14.5. The molecule has 4 rings (SSSR count). The lowest BCUT2D eigenvalue weighted by Crippen LogP contribution is -2.12. The number of ether oxygens (including phenoxy) is 1. The van der Waals surface area contributed by atoms with E-state index in [1.807, 2.05) is 36.4 Å². The lowest BCUT2D eigenvalue weighted by atomic mass is 9.98. The van der Waals surface area contributed by atoms with Crippen molar-refractivity contribution in [3.8, 4) is 11.1 Å². The van der Waals surface area contributed by atoms with E-state index in [0.29, 0.717) is 12.2 Å². The molecule has 0 radical (unpaired) electrons. The fraction of sp³-hybridized carbons (Fsp3) is 0.0952. The van der Waals surface area contributed by atoms with Gasteiger partial charge in [0, 0.05) is 10.4 Å². The van der Waals surface area contributed by atoms with Gasteiger partial charge in [-0.15, -0.1) is 0 Å². The molecule has 0 N–H and O–H groups in total. The summed E-state index contributed by atoms with van der Waals surface area (Å²) in [6, 6.07) is 23.9. The number of halogens is 1. The molecule has 0 saturated carbocycles. The van der Waals surface area contributed by atoms with Crippen LogP contribution in [0.15, 0.2) is 77.3 Å². The van der Waals surface area contributed by atoms with Gasteiger partial charge < -0.3 is 4.74 Å². The van der Waals surface area contributed by atoms with Crippen molar-refractivity contribution in [3.63, 3.8) is 0 Å². The summed E-state index contributed by atoms with van der Waals surface area (Å²) in [4.78, 5) is 12.3. The predicted molar refractivity (Wildman–Crippen MR) is 98.1 cm³/mol.